The van der Waals surface area contributed by atoms with E-state index < -0.39 is 0 Å². The predicted molar refractivity (Wildman–Crippen MR) is 75.9 cm³/mol. The van der Waals surface area contributed by atoms with Gasteiger partial charge in [0.05, 0.1) is 18.8 Å². The molecule has 6 nitrogen and oxygen atoms in total. The summed E-state index contributed by atoms with van der Waals surface area (Å²) in [5.74, 6) is 1.19. The monoisotopic (exact) mass is 279 g/mol. The summed E-state index contributed by atoms with van der Waals surface area (Å²) in [5.41, 5.74) is 7.22. The van der Waals surface area contributed by atoms with Crippen molar-refractivity contribution in [2.24, 2.45) is 16.8 Å². The summed E-state index contributed by atoms with van der Waals surface area (Å²) in [4.78, 5) is 0. The minimum absolute atomic E-state index is 0.0322. The van der Waals surface area contributed by atoms with Crippen molar-refractivity contribution in [2.75, 3.05) is 13.7 Å². The molecule has 1 aliphatic rings. The number of rotatable bonds is 6. The van der Waals surface area contributed by atoms with Crippen LogP contribution in [0.3, 0.4) is 0 Å². The van der Waals surface area contributed by atoms with Gasteiger partial charge in [0.25, 0.3) is 0 Å². The quantitative estimate of drug-likeness (QED) is 0.265. The first kappa shape index (κ1) is 14.6. The summed E-state index contributed by atoms with van der Waals surface area (Å²) in [7, 11) is 1.55. The fourth-order valence-corrected chi connectivity index (χ4v) is 2.40. The second-order valence-electron chi connectivity index (χ2n) is 5.14. The summed E-state index contributed by atoms with van der Waals surface area (Å²) in [6.07, 6.45) is 1.67. The normalized spacial score (nSPS) is 22.4. The molecule has 0 heterocycles. The van der Waals surface area contributed by atoms with Crippen LogP contribution < -0.4 is 15.8 Å². The van der Waals surface area contributed by atoms with Crippen molar-refractivity contribution in [3.63, 3.8) is 0 Å². The number of hydrogen-bond donors (Lipinski definition) is 4. The zero-order valence-electron chi connectivity index (χ0n) is 11.5. The number of methoxy groups -OCH3 is 1. The molecule has 2 rings (SSSR count). The van der Waals surface area contributed by atoms with Crippen LogP contribution >= 0.6 is 0 Å². The average molecular weight is 279 g/mol. The number of oxime groups is 1. The molecule has 0 aliphatic heterocycles. The Labute approximate surface area is 118 Å². The third-order valence-electron chi connectivity index (χ3n) is 3.62. The lowest BCUT2D eigenvalue weighted by Gasteiger charge is -2.31. The highest BCUT2D eigenvalue weighted by molar-refractivity contribution is 5.99. The van der Waals surface area contributed by atoms with E-state index in [0.29, 0.717) is 17.2 Å². The lowest BCUT2D eigenvalue weighted by Crippen LogP contribution is -2.35. The molecule has 0 unspecified atom stereocenters. The van der Waals surface area contributed by atoms with Crippen molar-refractivity contribution in [3.05, 3.63) is 29.3 Å². The van der Waals surface area contributed by atoms with Gasteiger partial charge in [0, 0.05) is 6.54 Å². The Bertz CT molecular complexity index is 485. The van der Waals surface area contributed by atoms with Crippen LogP contribution in [-0.2, 0) is 6.54 Å². The minimum atomic E-state index is -0.109. The number of aliphatic hydroxyl groups excluding tert-OH is 1. The number of ether oxygens (including phenoxy) is 1. The fourth-order valence-electron chi connectivity index (χ4n) is 2.40. The molecule has 0 saturated heterocycles. The number of nitrogens with one attached hydrogen (secondary N) is 1. The molecule has 1 aliphatic carbocycles. The SMILES string of the molecule is COc1cc(CNCC2CC(O)C2)ccc1/C(N)=N/O. The van der Waals surface area contributed by atoms with E-state index in [2.05, 4.69) is 10.5 Å². The molecular formula is C14H21N3O3. The Balaban J connectivity index is 1.92. The molecule has 1 saturated carbocycles. The lowest BCUT2D eigenvalue weighted by molar-refractivity contribution is 0.0430. The Morgan fingerprint density at radius 3 is 2.85 bits per heavy atom. The fraction of sp³-hybridized carbons (Fsp3) is 0.500. The molecule has 20 heavy (non-hydrogen) atoms. The standard InChI is InChI=1S/C14H21N3O3/c1-20-13-6-9(2-3-12(13)14(15)17-19)7-16-8-10-4-11(18)5-10/h2-3,6,10-11,16,18-19H,4-5,7-8H2,1H3,(H2,15,17). The maximum absolute atomic E-state index is 9.22. The zero-order valence-corrected chi connectivity index (χ0v) is 11.5. The van der Waals surface area contributed by atoms with Crippen molar-refractivity contribution in [1.29, 1.82) is 0 Å². The van der Waals surface area contributed by atoms with E-state index in [1.807, 2.05) is 12.1 Å². The first-order valence-corrected chi connectivity index (χ1v) is 6.67. The Morgan fingerprint density at radius 1 is 1.50 bits per heavy atom. The number of amidine groups is 1. The third kappa shape index (κ3) is 3.40. The zero-order chi connectivity index (χ0) is 14.5. The van der Waals surface area contributed by atoms with E-state index in [9.17, 15) is 5.11 Å². The van der Waals surface area contributed by atoms with Gasteiger partial charge in [-0.1, -0.05) is 11.2 Å². The first-order valence-electron chi connectivity index (χ1n) is 6.67. The van der Waals surface area contributed by atoms with Crippen molar-refractivity contribution < 1.29 is 15.1 Å². The molecule has 5 N–H and O–H groups in total. The number of nitrogens with zero attached hydrogens (tertiary/aromatic N) is 1. The van der Waals surface area contributed by atoms with Gasteiger partial charge in [0.2, 0.25) is 0 Å². The van der Waals surface area contributed by atoms with Crippen LogP contribution in [0, 0.1) is 5.92 Å². The summed E-state index contributed by atoms with van der Waals surface area (Å²) in [6.45, 7) is 1.63. The van der Waals surface area contributed by atoms with Gasteiger partial charge in [0.15, 0.2) is 5.84 Å². The highest BCUT2D eigenvalue weighted by Crippen LogP contribution is 2.26. The molecule has 0 bridgehead atoms. The van der Waals surface area contributed by atoms with Crippen LogP contribution in [0.2, 0.25) is 0 Å². The van der Waals surface area contributed by atoms with Gasteiger partial charge < -0.3 is 26.1 Å². The molecule has 1 aromatic carbocycles. The van der Waals surface area contributed by atoms with Crippen LogP contribution in [-0.4, -0.2) is 35.9 Å². The van der Waals surface area contributed by atoms with E-state index in [-0.39, 0.29) is 11.9 Å². The molecule has 0 radical (unpaired) electrons. The number of nitrogens with two attached hydrogens (primary N) is 1. The Morgan fingerprint density at radius 2 is 2.25 bits per heavy atom. The molecule has 1 aromatic rings. The molecule has 0 spiro atoms. The van der Waals surface area contributed by atoms with E-state index in [1.165, 1.54) is 0 Å². The Hall–Kier alpha value is -1.79. The molecule has 110 valence electrons. The molecule has 0 atom stereocenters. The van der Waals surface area contributed by atoms with Crippen molar-refractivity contribution in [1.82, 2.24) is 5.32 Å². The van der Waals surface area contributed by atoms with Gasteiger partial charge in [0.1, 0.15) is 5.75 Å². The van der Waals surface area contributed by atoms with E-state index in [1.54, 1.807) is 13.2 Å². The molecule has 6 heteroatoms. The van der Waals surface area contributed by atoms with Gasteiger partial charge in [-0.3, -0.25) is 0 Å². The maximum Gasteiger partial charge on any atom is 0.173 e. The second kappa shape index (κ2) is 6.58. The third-order valence-corrected chi connectivity index (χ3v) is 3.62. The molecule has 0 amide bonds. The highest BCUT2D eigenvalue weighted by Gasteiger charge is 2.26. The predicted octanol–water partition coefficient (Wildman–Crippen LogP) is 0.650. The molecule has 1 fully saturated rings. The van der Waals surface area contributed by atoms with Gasteiger partial charge in [-0.15, -0.1) is 0 Å². The summed E-state index contributed by atoms with van der Waals surface area (Å²) >= 11 is 0. The van der Waals surface area contributed by atoms with Gasteiger partial charge in [-0.05, 0) is 43.0 Å². The van der Waals surface area contributed by atoms with E-state index >= 15 is 0 Å². The Kier molecular flexibility index (Phi) is 4.81. The average Bonchev–Trinajstić information content (AvgIpc) is 2.44. The second-order valence-corrected chi connectivity index (χ2v) is 5.14. The summed E-state index contributed by atoms with van der Waals surface area (Å²) in [6, 6.07) is 5.56. The van der Waals surface area contributed by atoms with Crippen LogP contribution in [0.4, 0.5) is 0 Å². The molecular weight excluding hydrogens is 258 g/mol. The van der Waals surface area contributed by atoms with Crippen LogP contribution in [0.15, 0.2) is 23.4 Å². The van der Waals surface area contributed by atoms with E-state index in [4.69, 9.17) is 15.7 Å². The van der Waals surface area contributed by atoms with Crippen LogP contribution in [0.1, 0.15) is 24.0 Å². The number of hydrogen-bond acceptors (Lipinski definition) is 5. The van der Waals surface area contributed by atoms with Gasteiger partial charge >= 0.3 is 0 Å². The van der Waals surface area contributed by atoms with Crippen molar-refractivity contribution in [2.45, 2.75) is 25.5 Å². The van der Waals surface area contributed by atoms with Crippen LogP contribution in [0.5, 0.6) is 5.75 Å². The topological polar surface area (TPSA) is 100 Å². The first-order chi connectivity index (χ1) is 9.63. The van der Waals surface area contributed by atoms with Crippen molar-refractivity contribution >= 4 is 5.84 Å². The maximum atomic E-state index is 9.22. The smallest absolute Gasteiger partial charge is 0.173 e. The number of benzene rings is 1. The lowest BCUT2D eigenvalue weighted by atomic mass is 9.82. The number of aliphatic hydroxyl groups is 1. The van der Waals surface area contributed by atoms with Gasteiger partial charge in [-0.25, -0.2) is 0 Å². The van der Waals surface area contributed by atoms with Crippen LogP contribution in [0.25, 0.3) is 0 Å². The summed E-state index contributed by atoms with van der Waals surface area (Å²) < 4.78 is 5.25. The summed E-state index contributed by atoms with van der Waals surface area (Å²) in [5, 5.41) is 24.3. The highest BCUT2D eigenvalue weighted by atomic mass is 16.5. The van der Waals surface area contributed by atoms with Gasteiger partial charge in [-0.2, -0.15) is 0 Å². The van der Waals surface area contributed by atoms with Crippen molar-refractivity contribution in [3.8, 4) is 5.75 Å². The van der Waals surface area contributed by atoms with E-state index in [0.717, 1.165) is 31.5 Å². The largest absolute Gasteiger partial charge is 0.496 e. The molecule has 0 aromatic heterocycles. The minimum Gasteiger partial charge on any atom is -0.496 e.